The topological polar surface area (TPSA) is 112 Å². The first-order valence-electron chi connectivity index (χ1n) is 10.4. The fourth-order valence-corrected chi connectivity index (χ4v) is 5.09. The summed E-state index contributed by atoms with van der Waals surface area (Å²) in [6, 6.07) is 15.3. The molecule has 166 valence electrons. The van der Waals surface area contributed by atoms with Crippen LogP contribution in [0.15, 0.2) is 65.7 Å². The number of carbonyl (C=O) groups is 1. The van der Waals surface area contributed by atoms with Crippen LogP contribution in [-0.2, 0) is 10.0 Å². The molecule has 4 rings (SSSR count). The van der Waals surface area contributed by atoms with Crippen LogP contribution in [0.3, 0.4) is 0 Å². The van der Waals surface area contributed by atoms with Crippen LogP contribution in [-0.4, -0.2) is 53.3 Å². The summed E-state index contributed by atoms with van der Waals surface area (Å²) in [7, 11) is -3.61. The van der Waals surface area contributed by atoms with E-state index in [1.807, 2.05) is 0 Å². The van der Waals surface area contributed by atoms with Gasteiger partial charge in [0.15, 0.2) is 0 Å². The molecule has 0 radical (unpaired) electrons. The van der Waals surface area contributed by atoms with E-state index < -0.39 is 16.1 Å². The van der Waals surface area contributed by atoms with E-state index in [4.69, 9.17) is 0 Å². The summed E-state index contributed by atoms with van der Waals surface area (Å²) < 4.78 is 27.4. The fraction of sp³-hybridized carbons (Fsp3) is 0.261. The number of aliphatic hydroxyl groups excluding tert-OH is 1. The van der Waals surface area contributed by atoms with Gasteiger partial charge in [0.25, 0.3) is 0 Å². The molecule has 1 unspecified atom stereocenters. The zero-order chi connectivity index (χ0) is 22.6. The van der Waals surface area contributed by atoms with E-state index in [0.29, 0.717) is 49.6 Å². The van der Waals surface area contributed by atoms with E-state index in [9.17, 15) is 18.3 Å². The summed E-state index contributed by atoms with van der Waals surface area (Å²) in [5, 5.41) is 12.9. The molecule has 2 heterocycles. The van der Waals surface area contributed by atoms with Gasteiger partial charge in [0, 0.05) is 36.1 Å². The van der Waals surface area contributed by atoms with Gasteiger partial charge in [0.2, 0.25) is 16.0 Å². The van der Waals surface area contributed by atoms with Crippen molar-refractivity contribution in [3.05, 3.63) is 66.4 Å². The molecule has 0 amide bonds. The third kappa shape index (κ3) is 5.01. The van der Waals surface area contributed by atoms with Crippen LogP contribution >= 0.6 is 0 Å². The van der Waals surface area contributed by atoms with Crippen LogP contribution in [0.2, 0.25) is 0 Å². The molecule has 1 aliphatic heterocycles. The van der Waals surface area contributed by atoms with Gasteiger partial charge in [-0.25, -0.2) is 18.4 Å². The molecular weight excluding hydrogens is 428 g/mol. The zero-order valence-electron chi connectivity index (χ0n) is 17.4. The Labute approximate surface area is 187 Å². The Hall–Kier alpha value is -3.14. The second-order valence-electron chi connectivity index (χ2n) is 7.64. The molecule has 2 aromatic carbocycles. The number of nitrogens with zero attached hydrogens (tertiary/aromatic N) is 3. The zero-order valence-corrected chi connectivity index (χ0v) is 18.2. The first-order chi connectivity index (χ1) is 15.5. The minimum absolute atomic E-state index is 0.223. The Morgan fingerprint density at radius 3 is 2.47 bits per heavy atom. The number of hydrogen-bond donors (Lipinski definition) is 2. The van der Waals surface area contributed by atoms with Gasteiger partial charge in [-0.2, -0.15) is 4.31 Å². The van der Waals surface area contributed by atoms with Crippen molar-refractivity contribution in [3.8, 4) is 11.3 Å². The number of hydrogen-bond acceptors (Lipinski definition) is 7. The minimum atomic E-state index is -3.61. The maximum absolute atomic E-state index is 13.0. The Balaban J connectivity index is 1.51. The lowest BCUT2D eigenvalue weighted by Crippen LogP contribution is -2.32. The summed E-state index contributed by atoms with van der Waals surface area (Å²) in [4.78, 5) is 19.7. The summed E-state index contributed by atoms with van der Waals surface area (Å²) in [6.45, 7) is 0.732. The number of rotatable bonds is 6. The van der Waals surface area contributed by atoms with Gasteiger partial charge in [0.05, 0.1) is 16.7 Å². The molecule has 2 N–H and O–H groups in total. The molecule has 1 atom stereocenters. The Bertz CT molecular complexity index is 1180. The highest BCUT2D eigenvalue weighted by Crippen LogP contribution is 2.24. The highest BCUT2D eigenvalue weighted by molar-refractivity contribution is 7.89. The molecule has 0 saturated carbocycles. The molecule has 32 heavy (non-hydrogen) atoms. The van der Waals surface area contributed by atoms with Crippen LogP contribution in [0.1, 0.15) is 29.6 Å². The fourth-order valence-electron chi connectivity index (χ4n) is 3.59. The van der Waals surface area contributed by atoms with E-state index in [1.165, 1.54) is 4.31 Å². The second kappa shape index (κ2) is 9.56. The predicted octanol–water partition coefficient (Wildman–Crippen LogP) is 3.24. The lowest BCUT2D eigenvalue weighted by molar-refractivity contribution is 0.112. The molecule has 1 saturated heterocycles. The van der Waals surface area contributed by atoms with Crippen molar-refractivity contribution >= 4 is 27.9 Å². The van der Waals surface area contributed by atoms with Crippen molar-refractivity contribution in [2.24, 2.45) is 0 Å². The number of aldehydes is 1. The number of benzene rings is 2. The standard InChI is InChI=1S/C23H24N4O4S/c28-16-17-3-7-19(8-4-17)25-23-24-13-11-22(26-23)18-5-9-21(10-6-18)32(30,31)27-14-1-2-20(29)12-15-27/h3-11,13,16,20,29H,1-2,12,14-15H2,(H,24,25,26). The van der Waals surface area contributed by atoms with Gasteiger partial charge in [-0.05, 0) is 61.7 Å². The summed E-state index contributed by atoms with van der Waals surface area (Å²) in [6.07, 6.45) is 3.68. The van der Waals surface area contributed by atoms with Crippen LogP contribution in [0.5, 0.6) is 0 Å². The molecule has 0 spiro atoms. The Morgan fingerprint density at radius 2 is 1.75 bits per heavy atom. The largest absolute Gasteiger partial charge is 0.393 e. The third-order valence-corrected chi connectivity index (χ3v) is 7.32. The van der Waals surface area contributed by atoms with E-state index in [-0.39, 0.29) is 4.90 Å². The number of anilines is 2. The smallest absolute Gasteiger partial charge is 0.243 e. The van der Waals surface area contributed by atoms with Crippen molar-refractivity contribution in [2.75, 3.05) is 18.4 Å². The quantitative estimate of drug-likeness (QED) is 0.552. The summed E-state index contributed by atoms with van der Waals surface area (Å²) >= 11 is 0. The lowest BCUT2D eigenvalue weighted by Gasteiger charge is -2.20. The molecule has 9 heteroatoms. The minimum Gasteiger partial charge on any atom is -0.393 e. The van der Waals surface area contributed by atoms with Crippen molar-refractivity contribution in [1.29, 1.82) is 0 Å². The average Bonchev–Trinajstić information content (AvgIpc) is 3.05. The highest BCUT2D eigenvalue weighted by Gasteiger charge is 2.27. The van der Waals surface area contributed by atoms with Gasteiger partial charge in [-0.15, -0.1) is 0 Å². The number of aliphatic hydroxyl groups is 1. The highest BCUT2D eigenvalue weighted by atomic mass is 32.2. The summed E-state index contributed by atoms with van der Waals surface area (Å²) in [5.74, 6) is 0.390. The van der Waals surface area contributed by atoms with E-state index in [2.05, 4.69) is 15.3 Å². The molecule has 0 bridgehead atoms. The molecule has 0 aliphatic carbocycles. The molecule has 1 aromatic heterocycles. The molecule has 1 aliphatic rings. The predicted molar refractivity (Wildman–Crippen MR) is 121 cm³/mol. The SMILES string of the molecule is O=Cc1ccc(Nc2nccc(-c3ccc(S(=O)(=O)N4CCCC(O)CC4)cc3)n2)cc1. The number of carbonyl (C=O) groups excluding carboxylic acids is 1. The first kappa shape index (κ1) is 22.1. The third-order valence-electron chi connectivity index (χ3n) is 5.40. The van der Waals surface area contributed by atoms with Crippen molar-refractivity contribution in [1.82, 2.24) is 14.3 Å². The number of aromatic nitrogens is 2. The summed E-state index contributed by atoms with van der Waals surface area (Å²) in [5.41, 5.74) is 2.74. The van der Waals surface area contributed by atoms with E-state index >= 15 is 0 Å². The van der Waals surface area contributed by atoms with Gasteiger partial charge in [-0.1, -0.05) is 12.1 Å². The first-order valence-corrected chi connectivity index (χ1v) is 11.8. The molecule has 1 fully saturated rings. The van der Waals surface area contributed by atoms with Crippen LogP contribution in [0, 0.1) is 0 Å². The van der Waals surface area contributed by atoms with Crippen LogP contribution in [0.25, 0.3) is 11.3 Å². The monoisotopic (exact) mass is 452 g/mol. The van der Waals surface area contributed by atoms with Crippen LogP contribution in [0.4, 0.5) is 11.6 Å². The second-order valence-corrected chi connectivity index (χ2v) is 9.58. The van der Waals surface area contributed by atoms with Crippen LogP contribution < -0.4 is 5.32 Å². The number of sulfonamides is 1. The normalized spacial score (nSPS) is 17.5. The van der Waals surface area contributed by atoms with E-state index in [0.717, 1.165) is 17.5 Å². The van der Waals surface area contributed by atoms with Gasteiger partial charge in [0.1, 0.15) is 6.29 Å². The maximum atomic E-state index is 13.0. The average molecular weight is 453 g/mol. The lowest BCUT2D eigenvalue weighted by atomic mass is 10.1. The van der Waals surface area contributed by atoms with Gasteiger partial charge in [-0.3, -0.25) is 4.79 Å². The van der Waals surface area contributed by atoms with Crippen molar-refractivity contribution in [3.63, 3.8) is 0 Å². The number of nitrogens with one attached hydrogen (secondary N) is 1. The molecule has 3 aromatic rings. The van der Waals surface area contributed by atoms with E-state index in [1.54, 1.807) is 60.8 Å². The maximum Gasteiger partial charge on any atom is 0.243 e. The van der Waals surface area contributed by atoms with Crippen molar-refractivity contribution < 1.29 is 18.3 Å². The molecule has 8 nitrogen and oxygen atoms in total. The molecular formula is C23H24N4O4S. The van der Waals surface area contributed by atoms with Gasteiger partial charge < -0.3 is 10.4 Å². The van der Waals surface area contributed by atoms with Crippen molar-refractivity contribution in [2.45, 2.75) is 30.3 Å². The van der Waals surface area contributed by atoms with Gasteiger partial charge >= 0.3 is 0 Å². The Morgan fingerprint density at radius 1 is 1.00 bits per heavy atom. The Kier molecular flexibility index (Phi) is 6.59.